The van der Waals surface area contributed by atoms with Crippen LogP contribution in [-0.4, -0.2) is 35.5 Å². The maximum atomic E-state index is 13.0. The van der Waals surface area contributed by atoms with E-state index in [4.69, 9.17) is 16.3 Å². The zero-order valence-corrected chi connectivity index (χ0v) is 20.3. The number of carbonyl (C=O) groups excluding carboxylic acids is 3. The number of ether oxygens (including phenoxy) is 1. The second-order valence-electron chi connectivity index (χ2n) is 10.5. The van der Waals surface area contributed by atoms with Crippen molar-refractivity contribution in [3.8, 4) is 6.07 Å². The molecular formula is C25H31ClN4O4. The molecule has 182 valence electrons. The first-order valence-corrected chi connectivity index (χ1v) is 12.2. The van der Waals surface area contributed by atoms with E-state index in [1.807, 2.05) is 26.0 Å². The van der Waals surface area contributed by atoms with E-state index >= 15 is 0 Å². The van der Waals surface area contributed by atoms with Crippen LogP contribution in [0.1, 0.15) is 64.4 Å². The van der Waals surface area contributed by atoms with E-state index in [0.29, 0.717) is 36.6 Å². The van der Waals surface area contributed by atoms with Crippen LogP contribution in [0.25, 0.3) is 0 Å². The van der Waals surface area contributed by atoms with Gasteiger partial charge in [0, 0.05) is 16.5 Å². The van der Waals surface area contributed by atoms with Gasteiger partial charge in [-0.25, -0.2) is 4.79 Å². The van der Waals surface area contributed by atoms with Crippen molar-refractivity contribution in [1.29, 1.82) is 5.26 Å². The lowest BCUT2D eigenvalue weighted by molar-refractivity contribution is -0.125. The molecule has 2 aliphatic carbocycles. The quantitative estimate of drug-likeness (QED) is 0.493. The van der Waals surface area contributed by atoms with Gasteiger partial charge in [-0.05, 0) is 69.6 Å². The number of hydrogen-bond acceptors (Lipinski definition) is 5. The van der Waals surface area contributed by atoms with Gasteiger partial charge in [-0.3, -0.25) is 9.59 Å². The summed E-state index contributed by atoms with van der Waals surface area (Å²) in [6, 6.07) is 7.70. The maximum Gasteiger partial charge on any atom is 0.408 e. The van der Waals surface area contributed by atoms with Crippen LogP contribution in [0, 0.1) is 23.2 Å². The van der Waals surface area contributed by atoms with Crippen LogP contribution in [0.4, 0.5) is 4.79 Å². The second kappa shape index (κ2) is 9.46. The molecule has 0 aromatic heterocycles. The summed E-state index contributed by atoms with van der Waals surface area (Å²) in [4.78, 5) is 38.0. The van der Waals surface area contributed by atoms with E-state index in [1.54, 1.807) is 12.1 Å². The Morgan fingerprint density at radius 1 is 1.26 bits per heavy atom. The van der Waals surface area contributed by atoms with E-state index in [-0.39, 0.29) is 23.8 Å². The summed E-state index contributed by atoms with van der Waals surface area (Å²) in [5.74, 6) is -0.514. The zero-order valence-electron chi connectivity index (χ0n) is 19.5. The van der Waals surface area contributed by atoms with Crippen LogP contribution in [-0.2, 0) is 19.9 Å². The Bertz CT molecular complexity index is 1010. The highest BCUT2D eigenvalue weighted by molar-refractivity contribution is 6.30. The van der Waals surface area contributed by atoms with Gasteiger partial charge < -0.3 is 20.7 Å². The molecule has 1 aliphatic heterocycles. The van der Waals surface area contributed by atoms with Crippen molar-refractivity contribution >= 4 is 29.5 Å². The highest BCUT2D eigenvalue weighted by Crippen LogP contribution is 2.49. The molecule has 1 saturated heterocycles. The minimum atomic E-state index is -0.821. The van der Waals surface area contributed by atoms with Gasteiger partial charge in [-0.2, -0.15) is 5.26 Å². The van der Waals surface area contributed by atoms with Gasteiger partial charge in [0.05, 0.1) is 6.07 Å². The van der Waals surface area contributed by atoms with E-state index < -0.39 is 29.7 Å². The SMILES string of the molecule is CC1(C)C[C@@H](C[C@@H](C#N)NC(=O)C(CC2CC2)NC(=O)OC2(c3cccc(Cl)c3)CC2)C(=O)N1. The molecule has 1 aromatic rings. The molecule has 34 heavy (non-hydrogen) atoms. The number of nitriles is 1. The van der Waals surface area contributed by atoms with Crippen molar-refractivity contribution in [3.63, 3.8) is 0 Å². The molecule has 0 spiro atoms. The fraction of sp³-hybridized carbons (Fsp3) is 0.600. The largest absolute Gasteiger partial charge is 0.438 e. The molecular weight excluding hydrogens is 456 g/mol. The minimum absolute atomic E-state index is 0.105. The molecule has 8 nitrogen and oxygen atoms in total. The smallest absolute Gasteiger partial charge is 0.408 e. The number of hydrogen-bond donors (Lipinski definition) is 3. The van der Waals surface area contributed by atoms with Gasteiger partial charge in [-0.1, -0.05) is 36.6 Å². The molecule has 3 atom stereocenters. The summed E-state index contributed by atoms with van der Waals surface area (Å²) in [5, 5.41) is 18.5. The summed E-state index contributed by atoms with van der Waals surface area (Å²) >= 11 is 6.09. The summed E-state index contributed by atoms with van der Waals surface area (Å²) in [5.41, 5.74) is -0.207. The molecule has 1 unspecified atom stereocenters. The van der Waals surface area contributed by atoms with E-state index in [2.05, 4.69) is 22.0 Å². The normalized spacial score (nSPS) is 23.7. The predicted octanol–water partition coefficient (Wildman–Crippen LogP) is 3.54. The van der Waals surface area contributed by atoms with Crippen molar-refractivity contribution < 1.29 is 19.1 Å². The number of amides is 3. The summed E-state index contributed by atoms with van der Waals surface area (Å²) in [7, 11) is 0. The van der Waals surface area contributed by atoms with Gasteiger partial charge in [0.15, 0.2) is 0 Å². The van der Waals surface area contributed by atoms with Gasteiger partial charge in [0.1, 0.15) is 17.7 Å². The van der Waals surface area contributed by atoms with Crippen LogP contribution >= 0.6 is 11.6 Å². The van der Waals surface area contributed by atoms with Gasteiger partial charge in [0.2, 0.25) is 11.8 Å². The average Bonchev–Trinajstić information content (AvgIpc) is 3.68. The van der Waals surface area contributed by atoms with Crippen LogP contribution in [0.5, 0.6) is 0 Å². The van der Waals surface area contributed by atoms with Crippen molar-refractivity contribution in [2.45, 2.75) is 82.0 Å². The Balaban J connectivity index is 1.36. The Labute approximate surface area is 204 Å². The molecule has 3 aliphatic rings. The van der Waals surface area contributed by atoms with Crippen LogP contribution < -0.4 is 16.0 Å². The van der Waals surface area contributed by atoms with Crippen molar-refractivity contribution in [2.24, 2.45) is 11.8 Å². The molecule has 0 bridgehead atoms. The molecule has 4 rings (SSSR count). The van der Waals surface area contributed by atoms with E-state index in [1.165, 1.54) is 0 Å². The highest BCUT2D eigenvalue weighted by atomic mass is 35.5. The average molecular weight is 487 g/mol. The van der Waals surface area contributed by atoms with Crippen molar-refractivity contribution in [2.75, 3.05) is 0 Å². The van der Waals surface area contributed by atoms with Crippen LogP contribution in [0.2, 0.25) is 5.02 Å². The van der Waals surface area contributed by atoms with Gasteiger partial charge in [-0.15, -0.1) is 0 Å². The molecule has 3 amide bonds. The predicted molar refractivity (Wildman–Crippen MR) is 126 cm³/mol. The Morgan fingerprint density at radius 3 is 2.56 bits per heavy atom. The molecule has 0 radical (unpaired) electrons. The number of carbonyl (C=O) groups is 3. The van der Waals surface area contributed by atoms with E-state index in [0.717, 1.165) is 18.4 Å². The Kier molecular flexibility index (Phi) is 6.77. The first kappa shape index (κ1) is 24.3. The van der Waals surface area contributed by atoms with Gasteiger partial charge in [0.25, 0.3) is 0 Å². The number of nitrogens with one attached hydrogen (secondary N) is 3. The number of rotatable bonds is 9. The lowest BCUT2D eigenvalue weighted by Crippen LogP contribution is -2.50. The lowest BCUT2D eigenvalue weighted by Gasteiger charge is -2.23. The summed E-state index contributed by atoms with van der Waals surface area (Å²) < 4.78 is 5.74. The number of nitrogens with zero attached hydrogens (tertiary/aromatic N) is 1. The van der Waals surface area contributed by atoms with Crippen molar-refractivity contribution in [3.05, 3.63) is 34.9 Å². The summed E-state index contributed by atoms with van der Waals surface area (Å²) in [6.07, 6.45) is 4.05. The molecule has 2 saturated carbocycles. The maximum absolute atomic E-state index is 13.0. The van der Waals surface area contributed by atoms with Gasteiger partial charge >= 0.3 is 6.09 Å². The topological polar surface area (TPSA) is 120 Å². The zero-order chi connectivity index (χ0) is 24.5. The number of alkyl carbamates (subject to hydrolysis) is 1. The fourth-order valence-corrected chi connectivity index (χ4v) is 4.88. The first-order valence-electron chi connectivity index (χ1n) is 11.9. The first-order chi connectivity index (χ1) is 16.1. The highest BCUT2D eigenvalue weighted by Gasteiger charge is 2.49. The third-order valence-corrected chi connectivity index (χ3v) is 7.03. The monoisotopic (exact) mass is 486 g/mol. The number of halogens is 1. The molecule has 9 heteroatoms. The van der Waals surface area contributed by atoms with Crippen molar-refractivity contribution in [1.82, 2.24) is 16.0 Å². The molecule has 3 N–H and O–H groups in total. The standard InChI is InChI=1S/C25H31ClN4O4/c1-24(2)13-16(21(31)30-24)11-19(14-27)28-22(32)20(10-15-6-7-15)29-23(33)34-25(8-9-25)17-4-3-5-18(26)12-17/h3-5,12,15-16,19-20H,6-11,13H2,1-2H3,(H,28,32)(H,29,33)(H,30,31)/t16-,19+,20?/m1/s1. The second-order valence-corrected chi connectivity index (χ2v) is 10.9. The minimum Gasteiger partial charge on any atom is -0.438 e. The fourth-order valence-electron chi connectivity index (χ4n) is 4.69. The Morgan fingerprint density at radius 2 is 2.00 bits per heavy atom. The molecule has 3 fully saturated rings. The Hall–Kier alpha value is -2.79. The third-order valence-electron chi connectivity index (χ3n) is 6.80. The third kappa shape index (κ3) is 6.01. The summed E-state index contributed by atoms with van der Waals surface area (Å²) in [6.45, 7) is 3.87. The van der Waals surface area contributed by atoms with Crippen LogP contribution in [0.3, 0.4) is 0 Å². The number of benzene rings is 1. The van der Waals surface area contributed by atoms with Crippen LogP contribution in [0.15, 0.2) is 24.3 Å². The molecule has 1 aromatic carbocycles. The lowest BCUT2D eigenvalue weighted by atomic mass is 9.92. The molecule has 1 heterocycles. The van der Waals surface area contributed by atoms with E-state index in [9.17, 15) is 19.6 Å².